The molecular formula is C20H24N2O2. The molecule has 24 heavy (non-hydrogen) atoms. The van der Waals surface area contributed by atoms with Crippen LogP contribution in [0.2, 0.25) is 0 Å². The lowest BCUT2D eigenvalue weighted by atomic mass is 9.79. The van der Waals surface area contributed by atoms with E-state index in [9.17, 15) is 10.1 Å². The third-order valence-electron chi connectivity index (χ3n) is 5.41. The Morgan fingerprint density at radius 1 is 1.29 bits per heavy atom. The summed E-state index contributed by atoms with van der Waals surface area (Å²) in [5, 5.41) is 10.6. The molecule has 1 fully saturated rings. The lowest BCUT2D eigenvalue weighted by Crippen LogP contribution is -2.41. The molecule has 0 amide bonds. The summed E-state index contributed by atoms with van der Waals surface area (Å²) < 4.78 is 5.38. The van der Waals surface area contributed by atoms with Gasteiger partial charge in [-0.25, -0.2) is 4.79 Å². The van der Waals surface area contributed by atoms with E-state index < -0.39 is 0 Å². The Bertz CT molecular complexity index is 862. The molecule has 0 aliphatic carbocycles. The first-order chi connectivity index (χ1) is 11.5. The van der Waals surface area contributed by atoms with Crippen LogP contribution >= 0.6 is 0 Å². The van der Waals surface area contributed by atoms with Gasteiger partial charge in [0.25, 0.3) is 0 Å². The second-order valence-electron chi connectivity index (χ2n) is 7.08. The smallest absolute Gasteiger partial charge is 0.336 e. The van der Waals surface area contributed by atoms with E-state index in [1.807, 2.05) is 13.0 Å². The van der Waals surface area contributed by atoms with E-state index in [4.69, 9.17) is 4.42 Å². The minimum Gasteiger partial charge on any atom is -0.423 e. The highest BCUT2D eigenvalue weighted by molar-refractivity contribution is 5.81. The van der Waals surface area contributed by atoms with Crippen molar-refractivity contribution in [1.29, 1.82) is 5.26 Å². The molecule has 0 spiro atoms. The van der Waals surface area contributed by atoms with Crippen LogP contribution in [0.1, 0.15) is 42.9 Å². The van der Waals surface area contributed by atoms with Crippen LogP contribution in [0.5, 0.6) is 0 Å². The molecule has 0 saturated carbocycles. The Labute approximate surface area is 142 Å². The van der Waals surface area contributed by atoms with E-state index in [0.29, 0.717) is 12.1 Å². The van der Waals surface area contributed by atoms with Gasteiger partial charge in [-0.2, -0.15) is 5.26 Å². The molecule has 3 rings (SSSR count). The number of piperidine rings is 1. The van der Waals surface area contributed by atoms with Crippen molar-refractivity contribution in [2.24, 2.45) is 5.41 Å². The normalized spacial score (nSPS) is 21.8. The van der Waals surface area contributed by atoms with Crippen LogP contribution in [0.4, 0.5) is 0 Å². The van der Waals surface area contributed by atoms with Crippen molar-refractivity contribution in [3.8, 4) is 6.07 Å². The maximum absolute atomic E-state index is 11.9. The summed E-state index contributed by atoms with van der Waals surface area (Å²) in [5.41, 5.74) is 3.40. The molecule has 1 aliphatic rings. The number of likely N-dealkylation sites (tertiary alicyclic amines) is 1. The van der Waals surface area contributed by atoms with Gasteiger partial charge in [0.05, 0.1) is 11.5 Å². The Morgan fingerprint density at radius 3 is 2.75 bits per heavy atom. The van der Waals surface area contributed by atoms with Crippen molar-refractivity contribution < 1.29 is 4.42 Å². The van der Waals surface area contributed by atoms with Crippen LogP contribution in [-0.2, 0) is 6.54 Å². The van der Waals surface area contributed by atoms with E-state index in [1.54, 1.807) is 6.07 Å². The third-order valence-corrected chi connectivity index (χ3v) is 5.41. The fourth-order valence-electron chi connectivity index (χ4n) is 3.68. The molecule has 1 aromatic heterocycles. The van der Waals surface area contributed by atoms with E-state index in [1.165, 1.54) is 5.56 Å². The Kier molecular flexibility index (Phi) is 4.47. The van der Waals surface area contributed by atoms with Gasteiger partial charge >= 0.3 is 5.63 Å². The van der Waals surface area contributed by atoms with Crippen molar-refractivity contribution in [3.63, 3.8) is 0 Å². The van der Waals surface area contributed by atoms with E-state index in [-0.39, 0.29) is 11.0 Å². The summed E-state index contributed by atoms with van der Waals surface area (Å²) in [6.45, 7) is 8.61. The summed E-state index contributed by atoms with van der Waals surface area (Å²) in [4.78, 5) is 14.2. The molecule has 4 nitrogen and oxygen atoms in total. The summed E-state index contributed by atoms with van der Waals surface area (Å²) in [6.07, 6.45) is 2.86. The van der Waals surface area contributed by atoms with Gasteiger partial charge in [0.1, 0.15) is 5.58 Å². The van der Waals surface area contributed by atoms with E-state index in [0.717, 1.165) is 48.9 Å². The first-order valence-electron chi connectivity index (χ1n) is 8.64. The average Bonchev–Trinajstić information content (AvgIpc) is 2.57. The first-order valence-corrected chi connectivity index (χ1v) is 8.64. The van der Waals surface area contributed by atoms with Crippen molar-refractivity contribution in [3.05, 3.63) is 45.3 Å². The fraction of sp³-hybridized carbons (Fsp3) is 0.500. The van der Waals surface area contributed by atoms with E-state index in [2.05, 4.69) is 30.9 Å². The maximum atomic E-state index is 11.9. The summed E-state index contributed by atoms with van der Waals surface area (Å²) in [7, 11) is 0. The van der Waals surface area contributed by atoms with Crippen molar-refractivity contribution in [1.82, 2.24) is 4.90 Å². The number of hydrogen-bond donors (Lipinski definition) is 0. The largest absolute Gasteiger partial charge is 0.423 e. The standard InChI is InChI=1S/C20H24N2O2/c1-4-20(12-21)6-5-7-22(13-20)11-16-10-19(23)24-18-9-15(3)14(2)8-17(16)18/h8-10H,4-7,11,13H2,1-3H3. The van der Waals surface area contributed by atoms with Gasteiger partial charge in [0, 0.05) is 24.5 Å². The van der Waals surface area contributed by atoms with Crippen LogP contribution in [0, 0.1) is 30.6 Å². The van der Waals surface area contributed by atoms with Crippen LogP contribution in [0.25, 0.3) is 11.0 Å². The highest BCUT2D eigenvalue weighted by Crippen LogP contribution is 2.33. The molecule has 2 aromatic rings. The Balaban J connectivity index is 1.97. The minimum atomic E-state index is -0.306. The number of hydrogen-bond acceptors (Lipinski definition) is 4. The number of fused-ring (bicyclic) bond motifs is 1. The predicted molar refractivity (Wildman–Crippen MR) is 94.8 cm³/mol. The lowest BCUT2D eigenvalue weighted by molar-refractivity contribution is 0.121. The topological polar surface area (TPSA) is 57.2 Å². The van der Waals surface area contributed by atoms with E-state index >= 15 is 0 Å². The molecule has 0 bridgehead atoms. The number of aryl methyl sites for hydroxylation is 2. The van der Waals surface area contributed by atoms with Gasteiger partial charge < -0.3 is 4.42 Å². The molecule has 126 valence electrons. The zero-order valence-electron chi connectivity index (χ0n) is 14.7. The fourth-order valence-corrected chi connectivity index (χ4v) is 3.68. The van der Waals surface area contributed by atoms with Gasteiger partial charge in [0.2, 0.25) is 0 Å². The van der Waals surface area contributed by atoms with Gasteiger partial charge in [-0.1, -0.05) is 6.92 Å². The summed E-state index contributed by atoms with van der Waals surface area (Å²) >= 11 is 0. The molecule has 1 unspecified atom stereocenters. The summed E-state index contributed by atoms with van der Waals surface area (Å²) in [5.74, 6) is 0. The lowest BCUT2D eigenvalue weighted by Gasteiger charge is -2.37. The van der Waals surface area contributed by atoms with Gasteiger partial charge in [0.15, 0.2) is 0 Å². The van der Waals surface area contributed by atoms with Crippen molar-refractivity contribution in [2.45, 2.75) is 46.6 Å². The first kappa shape index (κ1) is 16.7. The molecule has 0 N–H and O–H groups in total. The van der Waals surface area contributed by atoms with Crippen LogP contribution in [0.3, 0.4) is 0 Å². The molecule has 4 heteroatoms. The molecule has 1 saturated heterocycles. The summed E-state index contributed by atoms with van der Waals surface area (Å²) in [6, 6.07) is 8.17. The van der Waals surface area contributed by atoms with Crippen LogP contribution in [-0.4, -0.2) is 18.0 Å². The second-order valence-corrected chi connectivity index (χ2v) is 7.08. The quantitative estimate of drug-likeness (QED) is 0.803. The maximum Gasteiger partial charge on any atom is 0.336 e. The van der Waals surface area contributed by atoms with Gasteiger partial charge in [-0.05, 0) is 68.5 Å². The number of rotatable bonds is 3. The number of nitrogens with zero attached hydrogens (tertiary/aromatic N) is 2. The van der Waals surface area contributed by atoms with Crippen LogP contribution in [0.15, 0.2) is 27.4 Å². The highest BCUT2D eigenvalue weighted by Gasteiger charge is 2.34. The second kappa shape index (κ2) is 6.41. The van der Waals surface area contributed by atoms with Crippen LogP contribution < -0.4 is 5.63 Å². The molecule has 0 radical (unpaired) electrons. The Hall–Kier alpha value is -2.12. The predicted octanol–water partition coefficient (Wildman–Crippen LogP) is 3.93. The Morgan fingerprint density at radius 2 is 2.04 bits per heavy atom. The third kappa shape index (κ3) is 3.09. The van der Waals surface area contributed by atoms with Gasteiger partial charge in [-0.15, -0.1) is 0 Å². The molecule has 2 heterocycles. The number of benzene rings is 1. The molecule has 1 aliphatic heterocycles. The van der Waals surface area contributed by atoms with Gasteiger partial charge in [-0.3, -0.25) is 4.90 Å². The van der Waals surface area contributed by atoms with Crippen molar-refractivity contribution in [2.75, 3.05) is 13.1 Å². The monoisotopic (exact) mass is 324 g/mol. The van der Waals surface area contributed by atoms with Crippen molar-refractivity contribution >= 4 is 11.0 Å². The zero-order chi connectivity index (χ0) is 17.3. The molecule has 1 aromatic carbocycles. The molecular weight excluding hydrogens is 300 g/mol. The molecule has 1 atom stereocenters. The number of nitriles is 1. The highest BCUT2D eigenvalue weighted by atomic mass is 16.4. The SMILES string of the molecule is CCC1(C#N)CCCN(Cc2cc(=O)oc3cc(C)c(C)cc23)C1. The zero-order valence-corrected chi connectivity index (χ0v) is 14.7. The average molecular weight is 324 g/mol. The minimum absolute atomic E-state index is 0.250.